The molecule has 0 bridgehead atoms. The average Bonchev–Trinajstić information content (AvgIpc) is 2.34. The van der Waals surface area contributed by atoms with E-state index in [1.165, 1.54) is 26.7 Å². The fourth-order valence-corrected chi connectivity index (χ4v) is 1.21. The van der Waals surface area contributed by atoms with Crippen molar-refractivity contribution in [2.45, 2.75) is 39.5 Å². The summed E-state index contributed by atoms with van der Waals surface area (Å²) in [4.78, 5) is 19.9. The van der Waals surface area contributed by atoms with Crippen LogP contribution in [0.1, 0.15) is 39.5 Å². The van der Waals surface area contributed by atoms with Crippen LogP contribution in [0.15, 0.2) is 0 Å². The van der Waals surface area contributed by atoms with E-state index < -0.39 is 0 Å². The van der Waals surface area contributed by atoms with Gasteiger partial charge in [-0.2, -0.15) is 0 Å². The topological polar surface area (TPSA) is 60.2 Å². The smallest absolute Gasteiger partial charge is 0.220 e. The van der Waals surface area contributed by atoms with E-state index in [0.717, 1.165) is 12.8 Å². The first-order valence-electron chi connectivity index (χ1n) is 4.30. The maximum absolute atomic E-state index is 10.4. The first-order valence-corrected chi connectivity index (χ1v) is 4.30. The van der Waals surface area contributed by atoms with E-state index in [0.29, 0.717) is 0 Å². The lowest BCUT2D eigenvalue weighted by molar-refractivity contribution is -0.121. The van der Waals surface area contributed by atoms with Gasteiger partial charge in [0.2, 0.25) is 5.91 Å². The molecule has 70 valence electrons. The molecule has 0 atom stereocenters. The zero-order valence-electron chi connectivity index (χ0n) is 7.80. The van der Waals surface area contributed by atoms with Crippen molar-refractivity contribution in [1.82, 2.24) is 0 Å². The van der Waals surface area contributed by atoms with E-state index in [9.17, 15) is 9.59 Å². The Balaban J connectivity index is 0.000000261. The number of carbonyl (C=O) groups is 2. The van der Waals surface area contributed by atoms with Crippen LogP contribution in [0.5, 0.6) is 0 Å². The lowest BCUT2D eigenvalue weighted by Gasteiger charge is -1.98. The second-order valence-corrected chi connectivity index (χ2v) is 3.29. The van der Waals surface area contributed by atoms with Gasteiger partial charge in [-0.05, 0) is 26.7 Å². The molecule has 3 heteroatoms. The normalized spacial score (nSPS) is 16.5. The predicted molar refractivity (Wildman–Crippen MR) is 47.5 cm³/mol. The van der Waals surface area contributed by atoms with Crippen LogP contribution < -0.4 is 5.73 Å². The van der Waals surface area contributed by atoms with Crippen LogP contribution in [0.4, 0.5) is 0 Å². The van der Waals surface area contributed by atoms with Crippen LogP contribution in [0.3, 0.4) is 0 Å². The third-order valence-corrected chi connectivity index (χ3v) is 1.76. The van der Waals surface area contributed by atoms with Crippen molar-refractivity contribution in [3.05, 3.63) is 0 Å². The van der Waals surface area contributed by atoms with Gasteiger partial charge in [-0.3, -0.25) is 4.79 Å². The Morgan fingerprint density at radius 1 is 1.17 bits per heavy atom. The molecule has 1 aliphatic carbocycles. The van der Waals surface area contributed by atoms with Crippen molar-refractivity contribution in [3.8, 4) is 0 Å². The van der Waals surface area contributed by atoms with Gasteiger partial charge in [0.15, 0.2) is 0 Å². The summed E-state index contributed by atoms with van der Waals surface area (Å²) in [6.45, 7) is 3.06. The quantitative estimate of drug-likeness (QED) is 0.645. The van der Waals surface area contributed by atoms with Gasteiger partial charge in [0.25, 0.3) is 0 Å². The lowest BCUT2D eigenvalue weighted by Crippen LogP contribution is -2.19. The van der Waals surface area contributed by atoms with Crippen LogP contribution in [-0.2, 0) is 9.59 Å². The second-order valence-electron chi connectivity index (χ2n) is 3.29. The molecule has 1 amide bonds. The number of rotatable bonds is 1. The van der Waals surface area contributed by atoms with Crippen LogP contribution in [0.25, 0.3) is 0 Å². The fraction of sp³-hybridized carbons (Fsp3) is 0.778. The van der Waals surface area contributed by atoms with Crippen LogP contribution in [0, 0.1) is 5.92 Å². The lowest BCUT2D eigenvalue weighted by atomic mass is 10.1. The van der Waals surface area contributed by atoms with Crippen LogP contribution in [-0.4, -0.2) is 11.7 Å². The Bertz CT molecular complexity index is 156. The minimum absolute atomic E-state index is 0.109. The number of carbonyl (C=O) groups excluding carboxylic acids is 2. The van der Waals surface area contributed by atoms with Crippen molar-refractivity contribution >= 4 is 11.7 Å². The highest BCUT2D eigenvalue weighted by molar-refractivity contribution is 5.76. The van der Waals surface area contributed by atoms with Gasteiger partial charge in [-0.1, -0.05) is 12.8 Å². The van der Waals surface area contributed by atoms with E-state index in [1.807, 2.05) is 0 Å². The molecule has 1 aliphatic rings. The van der Waals surface area contributed by atoms with Gasteiger partial charge in [0.1, 0.15) is 5.78 Å². The summed E-state index contributed by atoms with van der Waals surface area (Å²) in [5, 5.41) is 0. The molecular formula is C9H17NO2. The third kappa shape index (κ3) is 5.89. The molecule has 0 saturated heterocycles. The molecule has 1 rings (SSSR count). The van der Waals surface area contributed by atoms with E-state index in [2.05, 4.69) is 0 Å². The summed E-state index contributed by atoms with van der Waals surface area (Å²) in [6.07, 6.45) is 4.42. The van der Waals surface area contributed by atoms with Crippen molar-refractivity contribution in [2.24, 2.45) is 11.7 Å². The summed E-state index contributed by atoms with van der Waals surface area (Å²) in [6, 6.07) is 0. The highest BCUT2D eigenvalue weighted by atomic mass is 16.1. The van der Waals surface area contributed by atoms with E-state index >= 15 is 0 Å². The summed E-state index contributed by atoms with van der Waals surface area (Å²) < 4.78 is 0. The number of hydrogen-bond donors (Lipinski definition) is 1. The molecule has 1 fully saturated rings. The first-order chi connectivity index (χ1) is 5.54. The zero-order chi connectivity index (χ0) is 9.56. The molecule has 0 radical (unpaired) electrons. The van der Waals surface area contributed by atoms with E-state index in [4.69, 9.17) is 5.73 Å². The Labute approximate surface area is 73.3 Å². The predicted octanol–water partition coefficient (Wildman–Crippen LogP) is 1.26. The Hall–Kier alpha value is -0.860. The zero-order valence-corrected chi connectivity index (χ0v) is 7.80. The number of primary amides is 1. The molecule has 1 saturated carbocycles. The van der Waals surface area contributed by atoms with Gasteiger partial charge in [0, 0.05) is 5.92 Å². The molecule has 12 heavy (non-hydrogen) atoms. The molecule has 0 heterocycles. The monoisotopic (exact) mass is 171 g/mol. The molecule has 0 aliphatic heterocycles. The molecule has 2 N–H and O–H groups in total. The van der Waals surface area contributed by atoms with Crippen molar-refractivity contribution in [1.29, 1.82) is 0 Å². The maximum Gasteiger partial charge on any atom is 0.220 e. The number of Topliss-reactive ketones (excluding diaryl/α,β-unsaturated/α-hetero) is 1. The number of hydrogen-bond acceptors (Lipinski definition) is 2. The summed E-state index contributed by atoms with van der Waals surface area (Å²) in [5.41, 5.74) is 5.06. The number of amides is 1. The largest absolute Gasteiger partial charge is 0.369 e. The highest BCUT2D eigenvalue weighted by Gasteiger charge is 2.19. The van der Waals surface area contributed by atoms with Gasteiger partial charge in [0.05, 0.1) is 0 Å². The Kier molecular flexibility index (Phi) is 5.34. The van der Waals surface area contributed by atoms with Gasteiger partial charge < -0.3 is 10.5 Å². The molecule has 0 spiro atoms. The Morgan fingerprint density at radius 3 is 1.67 bits per heavy atom. The molecule has 0 aromatic heterocycles. The van der Waals surface area contributed by atoms with E-state index in [-0.39, 0.29) is 17.6 Å². The van der Waals surface area contributed by atoms with Gasteiger partial charge >= 0.3 is 0 Å². The second kappa shape index (κ2) is 5.75. The minimum Gasteiger partial charge on any atom is -0.369 e. The average molecular weight is 171 g/mol. The standard InChI is InChI=1S/C6H11NO.C3H6O/c7-6(8)5-3-1-2-4-5;1-3(2)4/h5H,1-4H2,(H2,7,8);1-2H3. The number of nitrogens with two attached hydrogens (primary N) is 1. The SMILES string of the molecule is CC(C)=O.NC(=O)C1CCCC1. The minimum atomic E-state index is -0.109. The van der Waals surface area contributed by atoms with Gasteiger partial charge in [-0.25, -0.2) is 0 Å². The van der Waals surface area contributed by atoms with Crippen molar-refractivity contribution in [3.63, 3.8) is 0 Å². The van der Waals surface area contributed by atoms with Crippen molar-refractivity contribution in [2.75, 3.05) is 0 Å². The third-order valence-electron chi connectivity index (χ3n) is 1.76. The van der Waals surface area contributed by atoms with E-state index in [1.54, 1.807) is 0 Å². The van der Waals surface area contributed by atoms with Crippen LogP contribution >= 0.6 is 0 Å². The highest BCUT2D eigenvalue weighted by Crippen LogP contribution is 2.23. The number of ketones is 1. The van der Waals surface area contributed by atoms with Gasteiger partial charge in [-0.15, -0.1) is 0 Å². The van der Waals surface area contributed by atoms with Crippen molar-refractivity contribution < 1.29 is 9.59 Å². The molecule has 3 nitrogen and oxygen atoms in total. The fourth-order valence-electron chi connectivity index (χ4n) is 1.21. The Morgan fingerprint density at radius 2 is 1.50 bits per heavy atom. The summed E-state index contributed by atoms with van der Waals surface area (Å²) in [7, 11) is 0. The molecule has 0 unspecified atom stereocenters. The first kappa shape index (κ1) is 11.1. The molecule has 0 aromatic rings. The molecular weight excluding hydrogens is 154 g/mol. The van der Waals surface area contributed by atoms with Crippen LogP contribution in [0.2, 0.25) is 0 Å². The maximum atomic E-state index is 10.4. The summed E-state index contributed by atoms with van der Waals surface area (Å²) >= 11 is 0. The molecule has 0 aromatic carbocycles. The summed E-state index contributed by atoms with van der Waals surface area (Å²) in [5.74, 6) is 0.262.